The predicted molar refractivity (Wildman–Crippen MR) is 119 cm³/mol. The first-order valence-electron chi connectivity index (χ1n) is 9.81. The average molecular weight is 454 g/mol. The number of nitrogens with zero attached hydrogens (tertiary/aromatic N) is 3. The number of hydrogen-bond acceptors (Lipinski definition) is 6. The molecule has 2 aromatic carbocycles. The number of hydrogen-bond donors (Lipinski definition) is 2. The van der Waals surface area contributed by atoms with Gasteiger partial charge in [-0.25, -0.2) is 9.37 Å². The topological polar surface area (TPSA) is 99.9 Å². The highest BCUT2D eigenvalue weighted by Crippen LogP contribution is 2.31. The minimum Gasteiger partial charge on any atom is -0.495 e. The number of carbonyl (C=O) groups is 1. The lowest BCUT2D eigenvalue weighted by atomic mass is 10.1. The van der Waals surface area contributed by atoms with E-state index >= 15 is 0 Å². The smallest absolute Gasteiger partial charge is 0.230 e. The van der Waals surface area contributed by atoms with E-state index in [1.165, 1.54) is 31.6 Å². The Labute approximate surface area is 190 Å². The monoisotopic (exact) mass is 453 g/mol. The number of nitrogens with one attached hydrogen (secondary N) is 2. The summed E-state index contributed by atoms with van der Waals surface area (Å²) in [6.07, 6.45) is 3.35. The summed E-state index contributed by atoms with van der Waals surface area (Å²) >= 11 is 6.42. The van der Waals surface area contributed by atoms with Gasteiger partial charge in [0.1, 0.15) is 17.6 Å². The fraction of sp³-hybridized carbons (Fsp3) is 0.217. The van der Waals surface area contributed by atoms with E-state index in [-0.39, 0.29) is 23.8 Å². The summed E-state index contributed by atoms with van der Waals surface area (Å²) in [5.41, 5.74) is 2.93. The van der Waals surface area contributed by atoms with Gasteiger partial charge < -0.3 is 15.4 Å². The van der Waals surface area contributed by atoms with Gasteiger partial charge in [0.25, 0.3) is 0 Å². The van der Waals surface area contributed by atoms with E-state index in [2.05, 4.69) is 20.6 Å². The van der Waals surface area contributed by atoms with Gasteiger partial charge in [0.05, 0.1) is 37.3 Å². The van der Waals surface area contributed by atoms with Crippen LogP contribution in [0.3, 0.4) is 0 Å². The van der Waals surface area contributed by atoms with Crippen molar-refractivity contribution >= 4 is 23.2 Å². The predicted octanol–water partition coefficient (Wildman–Crippen LogP) is 3.66. The van der Waals surface area contributed by atoms with Crippen molar-refractivity contribution in [1.82, 2.24) is 15.3 Å². The lowest BCUT2D eigenvalue weighted by Crippen LogP contribution is -2.18. The number of halogens is 2. The summed E-state index contributed by atoms with van der Waals surface area (Å²) in [5, 5.41) is 15.3. The van der Waals surface area contributed by atoms with Crippen molar-refractivity contribution in [1.29, 1.82) is 5.26 Å². The first-order valence-corrected chi connectivity index (χ1v) is 10.2. The second kappa shape index (κ2) is 11.2. The zero-order valence-electron chi connectivity index (χ0n) is 17.4. The number of anilines is 1. The molecule has 9 heteroatoms. The number of methoxy groups -OCH3 is 1. The van der Waals surface area contributed by atoms with Gasteiger partial charge >= 0.3 is 0 Å². The van der Waals surface area contributed by atoms with Crippen molar-refractivity contribution in [3.8, 4) is 11.8 Å². The standard InChI is InChI=1S/C23H21ClFN5O2/c1-32-22-8-16(6-7-27-12-15-2-4-17(25)5-3-15)20(24)10-21(22)30-23(31)9-18-13-29-19(11-26)14-28-18/h2-5,8,10,13-14,27H,6-7,9,12H2,1H3,(H,30,31). The lowest BCUT2D eigenvalue weighted by molar-refractivity contribution is -0.115. The molecular formula is C23H21ClFN5O2. The van der Waals surface area contributed by atoms with Crippen LogP contribution in [0, 0.1) is 17.1 Å². The summed E-state index contributed by atoms with van der Waals surface area (Å²) in [7, 11) is 1.52. The minimum atomic E-state index is -0.313. The molecule has 1 amide bonds. The van der Waals surface area contributed by atoms with E-state index in [0.29, 0.717) is 41.7 Å². The molecule has 0 saturated heterocycles. The molecule has 7 nitrogen and oxygen atoms in total. The van der Waals surface area contributed by atoms with Crippen LogP contribution < -0.4 is 15.4 Å². The summed E-state index contributed by atoms with van der Waals surface area (Å²) in [5.74, 6) is -0.0843. The number of ether oxygens (including phenoxy) is 1. The van der Waals surface area contributed by atoms with Gasteiger partial charge in [-0.05, 0) is 48.4 Å². The molecule has 1 aromatic heterocycles. The van der Waals surface area contributed by atoms with Crippen LogP contribution in [0.1, 0.15) is 22.5 Å². The number of nitriles is 1. The maximum absolute atomic E-state index is 13.0. The number of carbonyl (C=O) groups excluding carboxylic acids is 1. The molecule has 164 valence electrons. The molecule has 3 rings (SSSR count). The average Bonchev–Trinajstić information content (AvgIpc) is 2.79. The summed E-state index contributed by atoms with van der Waals surface area (Å²) in [6, 6.07) is 11.7. The van der Waals surface area contributed by atoms with Crippen molar-refractivity contribution in [2.45, 2.75) is 19.4 Å². The third kappa shape index (κ3) is 6.48. The molecule has 0 saturated carbocycles. The Bertz CT molecular complexity index is 1110. The van der Waals surface area contributed by atoms with Gasteiger partial charge in [-0.2, -0.15) is 5.26 Å². The van der Waals surface area contributed by atoms with Gasteiger partial charge in [0.2, 0.25) is 5.91 Å². The molecule has 0 unspecified atom stereocenters. The van der Waals surface area contributed by atoms with Crippen LogP contribution in [-0.2, 0) is 24.2 Å². The summed E-state index contributed by atoms with van der Waals surface area (Å²) in [6.45, 7) is 1.27. The molecule has 0 radical (unpaired) electrons. The van der Waals surface area contributed by atoms with Crippen molar-refractivity contribution in [3.05, 3.63) is 82.1 Å². The fourth-order valence-corrected chi connectivity index (χ4v) is 3.23. The highest BCUT2D eigenvalue weighted by Gasteiger charge is 2.13. The van der Waals surface area contributed by atoms with Gasteiger partial charge in [0.15, 0.2) is 5.69 Å². The Kier molecular flexibility index (Phi) is 8.08. The number of rotatable bonds is 9. The minimum absolute atomic E-state index is 0.00542. The summed E-state index contributed by atoms with van der Waals surface area (Å²) < 4.78 is 18.4. The maximum atomic E-state index is 13.0. The largest absolute Gasteiger partial charge is 0.495 e. The Hall–Kier alpha value is -3.54. The molecule has 3 aromatic rings. The Balaban J connectivity index is 1.57. The van der Waals surface area contributed by atoms with E-state index in [4.69, 9.17) is 21.6 Å². The van der Waals surface area contributed by atoms with Crippen LogP contribution in [0.15, 0.2) is 48.8 Å². The molecule has 2 N–H and O–H groups in total. The first-order chi connectivity index (χ1) is 15.5. The number of benzene rings is 2. The van der Waals surface area contributed by atoms with Gasteiger partial charge in [-0.1, -0.05) is 23.7 Å². The maximum Gasteiger partial charge on any atom is 0.230 e. The van der Waals surface area contributed by atoms with Crippen LogP contribution in [0.2, 0.25) is 5.02 Å². The highest BCUT2D eigenvalue weighted by atomic mass is 35.5. The second-order valence-electron chi connectivity index (χ2n) is 6.93. The van der Waals surface area contributed by atoms with Crippen molar-refractivity contribution in [2.75, 3.05) is 19.0 Å². The third-order valence-corrected chi connectivity index (χ3v) is 4.97. The van der Waals surface area contributed by atoms with Crippen molar-refractivity contribution in [3.63, 3.8) is 0 Å². The Morgan fingerprint density at radius 2 is 2.00 bits per heavy atom. The SMILES string of the molecule is COc1cc(CCNCc2ccc(F)cc2)c(Cl)cc1NC(=O)Cc1cnc(C#N)cn1. The Morgan fingerprint density at radius 3 is 2.66 bits per heavy atom. The van der Waals surface area contributed by atoms with Gasteiger partial charge in [-0.3, -0.25) is 9.78 Å². The normalized spacial score (nSPS) is 10.4. The van der Waals surface area contributed by atoms with E-state index < -0.39 is 0 Å². The van der Waals surface area contributed by atoms with Crippen LogP contribution in [0.5, 0.6) is 5.75 Å². The molecule has 0 spiro atoms. The Morgan fingerprint density at radius 1 is 1.22 bits per heavy atom. The highest BCUT2D eigenvalue weighted by molar-refractivity contribution is 6.31. The number of aromatic nitrogens is 2. The molecule has 32 heavy (non-hydrogen) atoms. The molecule has 0 bridgehead atoms. The van der Waals surface area contributed by atoms with Gasteiger partial charge in [-0.15, -0.1) is 0 Å². The molecular weight excluding hydrogens is 433 g/mol. The van der Waals surface area contributed by atoms with Crippen LogP contribution in [0.25, 0.3) is 0 Å². The molecule has 1 heterocycles. The molecule has 0 aliphatic carbocycles. The second-order valence-corrected chi connectivity index (χ2v) is 7.33. The quantitative estimate of drug-likeness (QED) is 0.479. The van der Waals surface area contributed by atoms with E-state index in [1.807, 2.05) is 6.07 Å². The summed E-state index contributed by atoms with van der Waals surface area (Å²) in [4.78, 5) is 20.3. The molecule has 0 aliphatic heterocycles. The molecule has 0 aliphatic rings. The first kappa shape index (κ1) is 23.1. The zero-order valence-corrected chi connectivity index (χ0v) is 18.1. The number of amides is 1. The molecule has 0 fully saturated rings. The zero-order chi connectivity index (χ0) is 22.9. The van der Waals surface area contributed by atoms with E-state index in [0.717, 1.165) is 11.1 Å². The fourth-order valence-electron chi connectivity index (χ4n) is 2.97. The molecule has 0 atom stereocenters. The van der Waals surface area contributed by atoms with E-state index in [1.54, 1.807) is 24.3 Å². The van der Waals surface area contributed by atoms with Crippen LogP contribution >= 0.6 is 11.6 Å². The third-order valence-electron chi connectivity index (χ3n) is 4.62. The van der Waals surface area contributed by atoms with Crippen molar-refractivity contribution < 1.29 is 13.9 Å². The lowest BCUT2D eigenvalue weighted by Gasteiger charge is -2.14. The van der Waals surface area contributed by atoms with Gasteiger partial charge in [0, 0.05) is 11.6 Å². The van der Waals surface area contributed by atoms with Crippen LogP contribution in [-0.4, -0.2) is 29.5 Å². The van der Waals surface area contributed by atoms with E-state index in [9.17, 15) is 9.18 Å². The van der Waals surface area contributed by atoms with Crippen LogP contribution in [0.4, 0.5) is 10.1 Å². The van der Waals surface area contributed by atoms with Crippen molar-refractivity contribution in [2.24, 2.45) is 0 Å².